The fraction of sp³-hybridized carbons (Fsp3) is 0.310. The lowest BCUT2D eigenvalue weighted by atomic mass is 9.78. The summed E-state index contributed by atoms with van der Waals surface area (Å²) in [6.07, 6.45) is 2.55. The molecule has 3 atom stereocenters. The van der Waals surface area contributed by atoms with Crippen molar-refractivity contribution in [3.05, 3.63) is 129 Å². The molecule has 0 saturated carbocycles. The van der Waals surface area contributed by atoms with Crippen molar-refractivity contribution in [3.8, 4) is 11.1 Å². The third kappa shape index (κ3) is 7.38. The van der Waals surface area contributed by atoms with Gasteiger partial charge in [-0.25, -0.2) is 4.90 Å². The van der Waals surface area contributed by atoms with Gasteiger partial charge in [0, 0.05) is 35.8 Å². The number of rotatable bonds is 14. The second-order valence-electron chi connectivity index (χ2n) is 13.2. The van der Waals surface area contributed by atoms with Crippen LogP contribution in [0.1, 0.15) is 62.2 Å². The highest BCUT2D eigenvalue weighted by Crippen LogP contribution is 2.46. The number of imide groups is 1. The maximum absolute atomic E-state index is 14.0. The fourth-order valence-corrected chi connectivity index (χ4v) is 7.68. The number of hydrogen-bond donors (Lipinski definition) is 2. The van der Waals surface area contributed by atoms with E-state index in [9.17, 15) is 14.4 Å². The second kappa shape index (κ2) is 16.0. The molecule has 0 unspecified atom stereocenters. The first-order valence-corrected chi connectivity index (χ1v) is 18.2. The van der Waals surface area contributed by atoms with Gasteiger partial charge in [-0.15, -0.1) is 0 Å². The van der Waals surface area contributed by atoms with Gasteiger partial charge in [0.05, 0.1) is 43.2 Å². The highest BCUT2D eigenvalue weighted by atomic mass is 35.5. The first-order chi connectivity index (χ1) is 25.8. The smallest absolute Gasteiger partial charge is 0.290 e. The molecular formula is C42H41ClN2O8. The Morgan fingerprint density at radius 2 is 1.68 bits per heavy atom. The number of nitrogens with one attached hydrogen (secondary N) is 1. The summed E-state index contributed by atoms with van der Waals surface area (Å²) in [5.41, 5.74) is 8.04. The number of aliphatic hydroxyl groups is 1. The third-order valence-electron chi connectivity index (χ3n) is 9.93. The Morgan fingerprint density at radius 1 is 0.906 bits per heavy atom. The van der Waals surface area contributed by atoms with Gasteiger partial charge in [0.1, 0.15) is 0 Å². The monoisotopic (exact) mass is 736 g/mol. The van der Waals surface area contributed by atoms with Gasteiger partial charge < -0.3 is 29.4 Å². The lowest BCUT2D eigenvalue weighted by Crippen LogP contribution is -2.38. The Bertz CT molecular complexity index is 2080. The van der Waals surface area contributed by atoms with Crippen molar-refractivity contribution in [2.75, 3.05) is 49.9 Å². The highest BCUT2D eigenvalue weighted by molar-refractivity contribution is 6.37. The van der Waals surface area contributed by atoms with Crippen LogP contribution in [-0.2, 0) is 30.2 Å². The van der Waals surface area contributed by atoms with Gasteiger partial charge in [0.15, 0.2) is 5.76 Å². The average molecular weight is 737 g/mol. The number of benzene rings is 4. The van der Waals surface area contributed by atoms with Crippen LogP contribution in [0.2, 0.25) is 5.02 Å². The maximum atomic E-state index is 14.0. The number of amides is 3. The zero-order chi connectivity index (χ0) is 37.1. The van der Waals surface area contributed by atoms with E-state index < -0.39 is 24.0 Å². The Morgan fingerprint density at radius 3 is 2.47 bits per heavy atom. The maximum Gasteiger partial charge on any atom is 0.290 e. The van der Waals surface area contributed by atoms with Crippen molar-refractivity contribution in [1.82, 2.24) is 0 Å². The Balaban J connectivity index is 1.15. The molecule has 0 radical (unpaired) electrons. The Kier molecular flexibility index (Phi) is 11.0. The van der Waals surface area contributed by atoms with E-state index in [0.717, 1.165) is 16.9 Å². The van der Waals surface area contributed by atoms with E-state index in [2.05, 4.69) is 47.8 Å². The molecule has 4 aromatic rings. The molecule has 2 N–H and O–H groups in total. The number of aliphatic hydroxyl groups excluding tert-OH is 1. The lowest BCUT2D eigenvalue weighted by molar-refractivity contribution is -0.166. The van der Waals surface area contributed by atoms with E-state index in [4.69, 9.17) is 35.7 Å². The number of carbonyl (C=O) groups is 3. The topological polar surface area (TPSA) is 124 Å². The number of halogens is 1. The van der Waals surface area contributed by atoms with Crippen LogP contribution in [0, 0.1) is 12.8 Å². The first-order valence-electron chi connectivity index (χ1n) is 17.9. The lowest BCUT2D eigenvalue weighted by Gasteiger charge is -2.37. The minimum Gasteiger partial charge on any atom is -0.459 e. The van der Waals surface area contributed by atoms with Crippen molar-refractivity contribution < 1.29 is 38.4 Å². The summed E-state index contributed by atoms with van der Waals surface area (Å²) in [6, 6.07) is 24.4. The molecule has 274 valence electrons. The molecule has 0 bridgehead atoms. The summed E-state index contributed by atoms with van der Waals surface area (Å²) in [5, 5.41) is 12.3. The highest BCUT2D eigenvalue weighted by Gasteiger charge is 2.40. The van der Waals surface area contributed by atoms with Gasteiger partial charge in [-0.05, 0) is 103 Å². The molecular weight excluding hydrogens is 696 g/mol. The summed E-state index contributed by atoms with van der Waals surface area (Å²) in [5.74, 6) is -1.60. The van der Waals surface area contributed by atoms with Crippen LogP contribution in [0.5, 0.6) is 0 Å². The van der Waals surface area contributed by atoms with Gasteiger partial charge >= 0.3 is 0 Å². The van der Waals surface area contributed by atoms with Gasteiger partial charge in [-0.1, -0.05) is 54.1 Å². The first kappa shape index (κ1) is 36.5. The van der Waals surface area contributed by atoms with E-state index in [1.807, 2.05) is 13.0 Å². The number of nitrogens with zero attached hydrogens (tertiary/aromatic N) is 1. The van der Waals surface area contributed by atoms with Crippen LogP contribution in [0.15, 0.2) is 90.7 Å². The summed E-state index contributed by atoms with van der Waals surface area (Å²) in [7, 11) is 0. The fourth-order valence-electron chi connectivity index (χ4n) is 7.50. The summed E-state index contributed by atoms with van der Waals surface area (Å²) < 4.78 is 23.8. The van der Waals surface area contributed by atoms with E-state index in [1.165, 1.54) is 28.3 Å². The minimum atomic E-state index is -0.726. The largest absolute Gasteiger partial charge is 0.459 e. The van der Waals surface area contributed by atoms with Crippen molar-refractivity contribution in [2.45, 2.75) is 38.9 Å². The molecule has 4 aromatic carbocycles. The van der Waals surface area contributed by atoms with Crippen LogP contribution in [0.3, 0.4) is 0 Å². The molecule has 0 fully saturated rings. The van der Waals surface area contributed by atoms with Gasteiger partial charge in [-0.2, -0.15) is 0 Å². The predicted octanol–water partition coefficient (Wildman–Crippen LogP) is 7.05. The molecule has 3 aliphatic rings. The van der Waals surface area contributed by atoms with Crippen LogP contribution >= 0.6 is 11.6 Å². The number of aryl methyl sites for hydroxylation is 1. The second-order valence-corrected chi connectivity index (χ2v) is 13.6. The number of carbonyl (C=O) groups excluding carboxylic acids is 3. The molecule has 1 aliphatic carbocycles. The standard InChI is InChI=1S/C42H41ClN2O8/c1-3-52-42-33(15-17-50-19-20-51-18-16-46)35(31-10-6-9-30-29-8-5-4-7-26(29)22-34(30)31)24-38(53-42)39(47)44-28-12-14-37(25(2)21-28)45-40(48)32-13-11-27(43)23-36(32)41(45)49/h4-14,21,23-24,33,35,42,46H,3,15-20,22H2,1-2H3,(H,44,47)/t33-,35+,42+/m1/s1. The molecule has 3 amide bonds. The third-order valence-corrected chi connectivity index (χ3v) is 10.2. The SMILES string of the molecule is CCO[C@H]1OC(C(=O)Nc2ccc(N3C(=O)c4ccc(Cl)cc4C3=O)c(C)c2)=C[C@@H](c2cccc3c2Cc2ccccc2-3)[C@H]1CCOCCOCCO. The van der Waals surface area contributed by atoms with Crippen LogP contribution in [0.25, 0.3) is 11.1 Å². The van der Waals surface area contributed by atoms with Gasteiger partial charge in [-0.3, -0.25) is 14.4 Å². The Labute approximate surface area is 313 Å². The average Bonchev–Trinajstić information content (AvgIpc) is 3.65. The molecule has 2 heterocycles. The van der Waals surface area contributed by atoms with Crippen molar-refractivity contribution in [2.24, 2.45) is 5.92 Å². The summed E-state index contributed by atoms with van der Waals surface area (Å²) >= 11 is 6.10. The van der Waals surface area contributed by atoms with Gasteiger partial charge in [0.25, 0.3) is 17.7 Å². The van der Waals surface area contributed by atoms with E-state index in [1.54, 1.807) is 37.3 Å². The summed E-state index contributed by atoms with van der Waals surface area (Å²) in [4.78, 5) is 41.6. The van der Waals surface area contributed by atoms with Crippen molar-refractivity contribution in [1.29, 1.82) is 0 Å². The van der Waals surface area contributed by atoms with Crippen LogP contribution in [0.4, 0.5) is 11.4 Å². The molecule has 0 aromatic heterocycles. The molecule has 0 spiro atoms. The minimum absolute atomic E-state index is 0.0402. The van der Waals surface area contributed by atoms with Gasteiger partial charge in [0.2, 0.25) is 6.29 Å². The van der Waals surface area contributed by atoms with E-state index in [0.29, 0.717) is 60.4 Å². The zero-order valence-corrected chi connectivity index (χ0v) is 30.4. The quantitative estimate of drug-likeness (QED) is 0.0919. The molecule has 11 heteroatoms. The molecule has 10 nitrogen and oxygen atoms in total. The number of ether oxygens (including phenoxy) is 4. The van der Waals surface area contributed by atoms with Crippen LogP contribution in [-0.4, -0.2) is 68.8 Å². The van der Waals surface area contributed by atoms with E-state index >= 15 is 0 Å². The zero-order valence-electron chi connectivity index (χ0n) is 29.6. The predicted molar refractivity (Wildman–Crippen MR) is 201 cm³/mol. The molecule has 0 saturated heterocycles. The van der Waals surface area contributed by atoms with Crippen molar-refractivity contribution >= 4 is 40.7 Å². The van der Waals surface area contributed by atoms with E-state index in [-0.39, 0.29) is 36.4 Å². The number of hydrogen-bond acceptors (Lipinski definition) is 8. The number of anilines is 2. The van der Waals surface area contributed by atoms with Crippen molar-refractivity contribution in [3.63, 3.8) is 0 Å². The Hall–Kier alpha value is -4.84. The normalized spacial score (nSPS) is 18.7. The van der Waals surface area contributed by atoms with Crippen LogP contribution < -0.4 is 10.2 Å². The number of fused-ring (bicyclic) bond motifs is 4. The molecule has 7 rings (SSSR count). The molecule has 53 heavy (non-hydrogen) atoms. The summed E-state index contributed by atoms with van der Waals surface area (Å²) in [6.45, 7) is 5.46. The molecule has 2 aliphatic heterocycles. The number of allylic oxidation sites excluding steroid dienone is 1.